The van der Waals surface area contributed by atoms with Gasteiger partial charge in [-0.05, 0) is 27.2 Å². The molecule has 0 aromatic carbocycles. The van der Waals surface area contributed by atoms with Gasteiger partial charge < -0.3 is 15.4 Å². The second-order valence-corrected chi connectivity index (χ2v) is 5.74. The molecule has 0 saturated heterocycles. The summed E-state index contributed by atoms with van der Waals surface area (Å²) in [5.74, 6) is -1.23. The number of aromatic amines is 1. The SMILES string of the molecule is COCCCNC(=O)C(=O)Nc1cc(C)nn1-c1nc(C)c(C)c(=O)[nH]1. The van der Waals surface area contributed by atoms with E-state index >= 15 is 0 Å². The first-order valence-electron chi connectivity index (χ1n) is 8.06. The Hall–Kier alpha value is -3.01. The average molecular weight is 362 g/mol. The lowest BCUT2D eigenvalue weighted by Gasteiger charge is -2.09. The van der Waals surface area contributed by atoms with Crippen LogP contribution in [0.3, 0.4) is 0 Å². The maximum Gasteiger partial charge on any atom is 0.314 e. The van der Waals surface area contributed by atoms with Crippen LogP contribution in [0, 0.1) is 20.8 Å². The zero-order chi connectivity index (χ0) is 19.3. The molecule has 140 valence electrons. The Kier molecular flexibility index (Phi) is 6.23. The summed E-state index contributed by atoms with van der Waals surface area (Å²) in [5, 5.41) is 9.19. The fraction of sp³-hybridized carbons (Fsp3) is 0.438. The Morgan fingerprint density at radius 2 is 2.00 bits per heavy atom. The molecule has 10 heteroatoms. The standard InChI is InChI=1S/C16H22N6O4/c1-9-8-12(19-15(25)14(24)17-6-5-7-26-4)22(21-9)16-18-11(3)10(2)13(23)20-16/h8H,5-7H2,1-4H3,(H,17,24)(H,19,25)(H,18,20,23). The number of anilines is 1. The van der Waals surface area contributed by atoms with Crippen LogP contribution in [0.25, 0.3) is 5.95 Å². The van der Waals surface area contributed by atoms with E-state index in [1.807, 2.05) is 0 Å². The maximum absolute atomic E-state index is 12.1. The summed E-state index contributed by atoms with van der Waals surface area (Å²) in [7, 11) is 1.56. The molecule has 0 unspecified atom stereocenters. The van der Waals surface area contributed by atoms with Gasteiger partial charge in [-0.1, -0.05) is 0 Å². The fourth-order valence-electron chi connectivity index (χ4n) is 2.15. The fourth-order valence-corrected chi connectivity index (χ4v) is 2.15. The summed E-state index contributed by atoms with van der Waals surface area (Å²) in [4.78, 5) is 42.8. The van der Waals surface area contributed by atoms with E-state index in [-0.39, 0.29) is 17.3 Å². The number of aromatic nitrogens is 4. The van der Waals surface area contributed by atoms with Gasteiger partial charge in [-0.15, -0.1) is 0 Å². The highest BCUT2D eigenvalue weighted by molar-refractivity contribution is 6.39. The highest BCUT2D eigenvalue weighted by atomic mass is 16.5. The number of rotatable bonds is 6. The lowest BCUT2D eigenvalue weighted by atomic mass is 10.3. The number of amides is 2. The minimum Gasteiger partial charge on any atom is -0.385 e. The molecule has 2 aromatic heterocycles. The molecule has 10 nitrogen and oxygen atoms in total. The quantitative estimate of drug-likeness (QED) is 0.489. The molecule has 0 atom stereocenters. The minimum atomic E-state index is -0.838. The molecule has 2 amide bonds. The smallest absolute Gasteiger partial charge is 0.314 e. The topological polar surface area (TPSA) is 131 Å². The van der Waals surface area contributed by atoms with Crippen LogP contribution in [-0.4, -0.2) is 51.8 Å². The highest BCUT2D eigenvalue weighted by Gasteiger charge is 2.18. The summed E-state index contributed by atoms with van der Waals surface area (Å²) in [5.41, 5.74) is 1.33. The first-order chi connectivity index (χ1) is 12.3. The Bertz CT molecular complexity index is 870. The van der Waals surface area contributed by atoms with Crippen molar-refractivity contribution in [3.63, 3.8) is 0 Å². The molecule has 0 spiro atoms. The van der Waals surface area contributed by atoms with Crippen molar-refractivity contribution in [2.24, 2.45) is 0 Å². The van der Waals surface area contributed by atoms with Gasteiger partial charge in [0.1, 0.15) is 5.82 Å². The molecule has 3 N–H and O–H groups in total. The zero-order valence-electron chi connectivity index (χ0n) is 15.2. The first kappa shape index (κ1) is 19.3. The second-order valence-electron chi connectivity index (χ2n) is 5.74. The van der Waals surface area contributed by atoms with Crippen LogP contribution in [0.2, 0.25) is 0 Å². The van der Waals surface area contributed by atoms with Crippen LogP contribution >= 0.6 is 0 Å². The van der Waals surface area contributed by atoms with E-state index in [0.717, 1.165) is 0 Å². The van der Waals surface area contributed by atoms with Crippen LogP contribution in [0.4, 0.5) is 5.82 Å². The predicted molar refractivity (Wildman–Crippen MR) is 94.3 cm³/mol. The predicted octanol–water partition coefficient (Wildman–Crippen LogP) is -0.0279. The van der Waals surface area contributed by atoms with Crippen molar-refractivity contribution in [3.8, 4) is 5.95 Å². The summed E-state index contributed by atoms with van der Waals surface area (Å²) in [6.45, 7) is 5.90. The third-order valence-electron chi connectivity index (χ3n) is 3.67. The van der Waals surface area contributed by atoms with E-state index in [4.69, 9.17) is 4.74 Å². The van der Waals surface area contributed by atoms with E-state index < -0.39 is 11.8 Å². The van der Waals surface area contributed by atoms with Gasteiger partial charge in [0.25, 0.3) is 5.56 Å². The van der Waals surface area contributed by atoms with Crippen LogP contribution in [0.15, 0.2) is 10.9 Å². The number of H-pyrrole nitrogens is 1. The molecular formula is C16H22N6O4. The summed E-state index contributed by atoms with van der Waals surface area (Å²) in [6.07, 6.45) is 0.598. The van der Waals surface area contributed by atoms with Gasteiger partial charge in [-0.25, -0.2) is 4.98 Å². The van der Waals surface area contributed by atoms with Crippen LogP contribution in [0.1, 0.15) is 23.4 Å². The van der Waals surface area contributed by atoms with E-state index in [1.165, 1.54) is 4.68 Å². The zero-order valence-corrected chi connectivity index (χ0v) is 15.2. The van der Waals surface area contributed by atoms with E-state index in [0.29, 0.717) is 36.5 Å². The van der Waals surface area contributed by atoms with Crippen LogP contribution in [-0.2, 0) is 14.3 Å². The molecule has 0 aliphatic heterocycles. The number of methoxy groups -OCH3 is 1. The normalized spacial score (nSPS) is 10.6. The number of hydrogen-bond acceptors (Lipinski definition) is 6. The Labute approximate surface area is 150 Å². The third kappa shape index (κ3) is 4.54. The monoisotopic (exact) mass is 362 g/mol. The number of nitrogens with zero attached hydrogens (tertiary/aromatic N) is 3. The van der Waals surface area contributed by atoms with E-state index in [1.54, 1.807) is 33.9 Å². The van der Waals surface area contributed by atoms with Gasteiger partial charge in [-0.3, -0.25) is 19.4 Å². The molecule has 2 heterocycles. The molecule has 0 fully saturated rings. The van der Waals surface area contributed by atoms with Gasteiger partial charge >= 0.3 is 11.8 Å². The highest BCUT2D eigenvalue weighted by Crippen LogP contribution is 2.14. The van der Waals surface area contributed by atoms with Gasteiger partial charge in [0.05, 0.1) is 5.69 Å². The number of carbonyl (C=O) groups excluding carboxylic acids is 2. The molecular weight excluding hydrogens is 340 g/mol. The van der Waals surface area contributed by atoms with Crippen molar-refractivity contribution in [2.45, 2.75) is 27.2 Å². The second kappa shape index (κ2) is 8.39. The van der Waals surface area contributed by atoms with Crippen molar-refractivity contribution in [1.29, 1.82) is 0 Å². The van der Waals surface area contributed by atoms with E-state index in [9.17, 15) is 14.4 Å². The summed E-state index contributed by atoms with van der Waals surface area (Å²) >= 11 is 0. The Balaban J connectivity index is 2.18. The molecule has 0 aliphatic carbocycles. The van der Waals surface area contributed by atoms with Gasteiger partial charge in [0.15, 0.2) is 0 Å². The lowest BCUT2D eigenvalue weighted by molar-refractivity contribution is -0.136. The number of hydrogen-bond donors (Lipinski definition) is 3. The van der Waals surface area contributed by atoms with Crippen molar-refractivity contribution in [1.82, 2.24) is 25.1 Å². The van der Waals surface area contributed by atoms with E-state index in [2.05, 4.69) is 25.7 Å². The number of aryl methyl sites for hydroxylation is 2. The molecule has 26 heavy (non-hydrogen) atoms. The average Bonchev–Trinajstić information content (AvgIpc) is 2.96. The number of ether oxygens (including phenoxy) is 1. The van der Waals surface area contributed by atoms with Gasteiger partial charge in [-0.2, -0.15) is 9.78 Å². The van der Waals surface area contributed by atoms with Crippen LogP contribution in [0.5, 0.6) is 0 Å². The molecule has 0 aliphatic rings. The number of carbonyl (C=O) groups is 2. The van der Waals surface area contributed by atoms with Crippen molar-refractivity contribution in [2.75, 3.05) is 25.6 Å². The molecule has 2 rings (SSSR count). The largest absolute Gasteiger partial charge is 0.385 e. The van der Waals surface area contributed by atoms with Gasteiger partial charge in [0, 0.05) is 37.6 Å². The van der Waals surface area contributed by atoms with Crippen molar-refractivity contribution >= 4 is 17.6 Å². The minimum absolute atomic E-state index is 0.155. The van der Waals surface area contributed by atoms with Gasteiger partial charge in [0.2, 0.25) is 5.95 Å². The summed E-state index contributed by atoms with van der Waals surface area (Å²) < 4.78 is 6.15. The van der Waals surface area contributed by atoms with Crippen molar-refractivity contribution in [3.05, 3.63) is 33.4 Å². The molecule has 0 radical (unpaired) electrons. The van der Waals surface area contributed by atoms with Crippen LogP contribution < -0.4 is 16.2 Å². The Morgan fingerprint density at radius 1 is 1.27 bits per heavy atom. The third-order valence-corrected chi connectivity index (χ3v) is 3.67. The summed E-state index contributed by atoms with van der Waals surface area (Å²) in [6, 6.07) is 1.57. The molecule has 0 saturated carbocycles. The Morgan fingerprint density at radius 3 is 2.65 bits per heavy atom. The van der Waals surface area contributed by atoms with Crippen molar-refractivity contribution < 1.29 is 14.3 Å². The lowest BCUT2D eigenvalue weighted by Crippen LogP contribution is -2.36. The number of nitrogens with one attached hydrogen (secondary N) is 3. The maximum atomic E-state index is 12.1. The molecule has 2 aromatic rings. The molecule has 0 bridgehead atoms. The first-order valence-corrected chi connectivity index (χ1v) is 8.06.